The van der Waals surface area contributed by atoms with Crippen LogP contribution in [0.4, 0.5) is 22.0 Å². The predicted octanol–water partition coefficient (Wildman–Crippen LogP) is 2.97. The van der Waals surface area contributed by atoms with Crippen LogP contribution in [-0.2, 0) is 35.2 Å². The number of sulfone groups is 1. The zero-order chi connectivity index (χ0) is 19.7. The van der Waals surface area contributed by atoms with Gasteiger partial charge in [-0.2, -0.15) is 27.1 Å². The van der Waals surface area contributed by atoms with Gasteiger partial charge < -0.3 is 4.74 Å². The van der Waals surface area contributed by atoms with Gasteiger partial charge >= 0.3 is 12.8 Å². The fraction of sp³-hybridized carbons (Fsp3) is 0.429. The van der Waals surface area contributed by atoms with E-state index in [4.69, 9.17) is 0 Å². The second kappa shape index (κ2) is 7.17. The van der Waals surface area contributed by atoms with E-state index in [0.717, 1.165) is 7.05 Å². The maximum absolute atomic E-state index is 13.1. The largest absolute Gasteiger partial charge is 0.435 e. The van der Waals surface area contributed by atoms with Crippen molar-refractivity contribution in [2.75, 3.05) is 0 Å². The lowest BCUT2D eigenvalue weighted by Gasteiger charge is -2.10. The first-order chi connectivity index (χ1) is 12.0. The van der Waals surface area contributed by atoms with Crippen molar-refractivity contribution in [1.82, 2.24) is 14.8 Å². The van der Waals surface area contributed by atoms with Crippen LogP contribution >= 0.6 is 0 Å². The number of rotatable bonds is 6. The van der Waals surface area contributed by atoms with Gasteiger partial charge in [-0.15, -0.1) is 0 Å². The quantitative estimate of drug-likeness (QED) is 0.699. The molecule has 0 aliphatic rings. The zero-order valence-electron chi connectivity index (χ0n) is 13.6. The number of aryl methyl sites for hydroxylation is 2. The maximum atomic E-state index is 13.1. The minimum absolute atomic E-state index is 0.426. The number of aromatic nitrogens is 3. The average Bonchev–Trinajstić information content (AvgIpc) is 2.83. The Bertz CT molecular complexity index is 894. The van der Waals surface area contributed by atoms with Crippen LogP contribution in [0.3, 0.4) is 0 Å². The van der Waals surface area contributed by atoms with E-state index in [1.165, 1.54) is 12.3 Å². The lowest BCUT2D eigenvalue weighted by atomic mass is 10.2. The molecule has 26 heavy (non-hydrogen) atoms. The van der Waals surface area contributed by atoms with Crippen LogP contribution in [-0.4, -0.2) is 29.8 Å². The monoisotopic (exact) mass is 399 g/mol. The topological polar surface area (TPSA) is 74.1 Å². The highest BCUT2D eigenvalue weighted by Crippen LogP contribution is 2.37. The highest BCUT2D eigenvalue weighted by Gasteiger charge is 2.41. The van der Waals surface area contributed by atoms with Crippen molar-refractivity contribution in [2.24, 2.45) is 7.05 Å². The minimum atomic E-state index is -5.05. The summed E-state index contributed by atoms with van der Waals surface area (Å²) in [6, 6.07) is 2.77. The molecule has 0 saturated heterocycles. The Morgan fingerprint density at radius 2 is 1.96 bits per heavy atom. The van der Waals surface area contributed by atoms with E-state index < -0.39 is 50.5 Å². The SMILES string of the molecule is CCc1ccnc(S(=O)(=O)Cc2c(C(F)(F)F)nn(C)c2OC(F)F)c1. The lowest BCUT2D eigenvalue weighted by molar-refractivity contribution is -0.142. The second-order valence-electron chi connectivity index (χ2n) is 5.25. The summed E-state index contributed by atoms with van der Waals surface area (Å²) in [5, 5.41) is 2.63. The van der Waals surface area contributed by atoms with Gasteiger partial charge in [0, 0.05) is 13.2 Å². The molecule has 2 aromatic heterocycles. The normalized spacial score (nSPS) is 12.6. The number of nitrogens with zero attached hydrogens (tertiary/aromatic N) is 3. The molecule has 0 atom stereocenters. The van der Waals surface area contributed by atoms with Crippen LogP contribution in [0.15, 0.2) is 23.4 Å². The molecule has 0 fully saturated rings. The van der Waals surface area contributed by atoms with Crippen LogP contribution in [0.1, 0.15) is 23.7 Å². The van der Waals surface area contributed by atoms with E-state index in [1.54, 1.807) is 13.0 Å². The molecule has 2 rings (SSSR count). The molecule has 0 unspecified atom stereocenters. The molecular formula is C14H14F5N3O3S. The Kier molecular flexibility index (Phi) is 5.54. The summed E-state index contributed by atoms with van der Waals surface area (Å²) in [6.07, 6.45) is -3.37. The first-order valence-electron chi connectivity index (χ1n) is 7.21. The number of alkyl halides is 5. The molecule has 12 heteroatoms. The van der Waals surface area contributed by atoms with Gasteiger partial charge in [-0.05, 0) is 24.1 Å². The molecule has 0 bridgehead atoms. The van der Waals surface area contributed by atoms with E-state index in [9.17, 15) is 30.4 Å². The standard InChI is InChI=1S/C14H14F5N3O3S/c1-3-8-4-5-20-10(6-8)26(23,24)7-9-11(14(17,18)19)21-22(2)12(9)25-13(15)16/h4-6,13H,3,7H2,1-2H3. The highest BCUT2D eigenvalue weighted by molar-refractivity contribution is 7.90. The molecule has 6 nitrogen and oxygen atoms in total. The Morgan fingerprint density at radius 1 is 1.31 bits per heavy atom. The van der Waals surface area contributed by atoms with Gasteiger partial charge in [-0.3, -0.25) is 0 Å². The van der Waals surface area contributed by atoms with Crippen molar-refractivity contribution in [2.45, 2.75) is 36.9 Å². The van der Waals surface area contributed by atoms with E-state index in [2.05, 4.69) is 14.8 Å². The molecule has 2 aromatic rings. The van der Waals surface area contributed by atoms with Crippen molar-refractivity contribution < 1.29 is 35.1 Å². The lowest BCUT2D eigenvalue weighted by Crippen LogP contribution is -2.15. The first-order valence-corrected chi connectivity index (χ1v) is 8.86. The van der Waals surface area contributed by atoms with Crippen LogP contribution in [0, 0.1) is 0 Å². The number of hydrogen-bond acceptors (Lipinski definition) is 5. The van der Waals surface area contributed by atoms with E-state index in [1.807, 2.05) is 0 Å². The average molecular weight is 399 g/mol. The van der Waals surface area contributed by atoms with E-state index >= 15 is 0 Å². The van der Waals surface area contributed by atoms with Gasteiger partial charge in [0.25, 0.3) is 0 Å². The third-order valence-corrected chi connectivity index (χ3v) is 4.95. The summed E-state index contributed by atoms with van der Waals surface area (Å²) in [7, 11) is -3.42. The third-order valence-electron chi connectivity index (χ3n) is 3.42. The molecule has 0 spiro atoms. The molecule has 144 valence electrons. The number of pyridine rings is 1. The van der Waals surface area contributed by atoms with Gasteiger partial charge in [0.05, 0.1) is 11.3 Å². The number of hydrogen-bond donors (Lipinski definition) is 0. The Balaban J connectivity index is 2.55. The summed E-state index contributed by atoms with van der Waals surface area (Å²) >= 11 is 0. The first kappa shape index (κ1) is 20.1. The summed E-state index contributed by atoms with van der Waals surface area (Å²) in [5.41, 5.74) is -2.00. The number of halogens is 5. The predicted molar refractivity (Wildman–Crippen MR) is 79.3 cm³/mol. The van der Waals surface area contributed by atoms with Gasteiger partial charge in [-0.25, -0.2) is 18.1 Å². The van der Waals surface area contributed by atoms with Crippen molar-refractivity contribution >= 4 is 9.84 Å². The molecule has 0 aliphatic carbocycles. The highest BCUT2D eigenvalue weighted by atomic mass is 32.2. The van der Waals surface area contributed by atoms with Crippen LogP contribution < -0.4 is 4.74 Å². The van der Waals surface area contributed by atoms with Crippen molar-refractivity contribution in [3.8, 4) is 5.88 Å². The van der Waals surface area contributed by atoms with Crippen LogP contribution in [0.5, 0.6) is 5.88 Å². The van der Waals surface area contributed by atoms with Gasteiger partial charge in [0.2, 0.25) is 5.88 Å². The molecule has 0 saturated carbocycles. The molecule has 0 aromatic carbocycles. The zero-order valence-corrected chi connectivity index (χ0v) is 14.4. The fourth-order valence-electron chi connectivity index (χ4n) is 2.25. The molecule has 0 aliphatic heterocycles. The minimum Gasteiger partial charge on any atom is -0.417 e. The van der Waals surface area contributed by atoms with E-state index in [0.29, 0.717) is 16.7 Å². The van der Waals surface area contributed by atoms with Crippen molar-refractivity contribution in [3.05, 3.63) is 35.2 Å². The van der Waals surface area contributed by atoms with Crippen molar-refractivity contribution in [1.29, 1.82) is 0 Å². The van der Waals surface area contributed by atoms with Crippen molar-refractivity contribution in [3.63, 3.8) is 0 Å². The van der Waals surface area contributed by atoms with Gasteiger partial charge in [0.1, 0.15) is 0 Å². The molecule has 0 amide bonds. The molecule has 2 heterocycles. The summed E-state index contributed by atoms with van der Waals surface area (Å²) in [5.74, 6) is -2.21. The molecule has 0 radical (unpaired) electrons. The molecule has 0 N–H and O–H groups in total. The second-order valence-corrected chi connectivity index (χ2v) is 7.18. The smallest absolute Gasteiger partial charge is 0.417 e. The third kappa shape index (κ3) is 4.29. The number of ether oxygens (including phenoxy) is 1. The fourth-order valence-corrected chi connectivity index (χ4v) is 3.59. The van der Waals surface area contributed by atoms with Crippen LogP contribution in [0.2, 0.25) is 0 Å². The summed E-state index contributed by atoms with van der Waals surface area (Å²) < 4.78 is 94.0. The maximum Gasteiger partial charge on any atom is 0.435 e. The van der Waals surface area contributed by atoms with Crippen LogP contribution in [0.25, 0.3) is 0 Å². The van der Waals surface area contributed by atoms with E-state index in [-0.39, 0.29) is 0 Å². The summed E-state index contributed by atoms with van der Waals surface area (Å²) in [4.78, 5) is 3.66. The summed E-state index contributed by atoms with van der Waals surface area (Å²) in [6.45, 7) is -1.70. The van der Waals surface area contributed by atoms with Gasteiger partial charge in [-0.1, -0.05) is 6.92 Å². The van der Waals surface area contributed by atoms with Gasteiger partial charge in [0.15, 0.2) is 20.6 Å². The Labute approximate surface area is 145 Å². The Hall–Kier alpha value is -2.24. The Morgan fingerprint density at radius 3 is 2.50 bits per heavy atom. The molecular weight excluding hydrogens is 385 g/mol.